The van der Waals surface area contributed by atoms with Gasteiger partial charge in [0.1, 0.15) is 6.54 Å². The zero-order valence-corrected chi connectivity index (χ0v) is 14.7. The Balaban J connectivity index is 1.60. The zero-order valence-electron chi connectivity index (χ0n) is 14.7. The van der Waals surface area contributed by atoms with Crippen LogP contribution < -0.4 is 10.0 Å². The van der Waals surface area contributed by atoms with Crippen molar-refractivity contribution in [3.63, 3.8) is 0 Å². The number of anilines is 1. The van der Waals surface area contributed by atoms with E-state index in [0.29, 0.717) is 23.5 Å². The molecule has 1 aliphatic heterocycles. The Kier molecular flexibility index (Phi) is 5.17. The molecule has 0 saturated carbocycles. The Hall–Kier alpha value is -2.94. The van der Waals surface area contributed by atoms with E-state index in [1.807, 2.05) is 13.8 Å². The lowest BCUT2D eigenvalue weighted by molar-refractivity contribution is -0.607. The molecule has 2 aromatic heterocycles. The predicted octanol–water partition coefficient (Wildman–Crippen LogP) is 0.405. The fourth-order valence-electron chi connectivity index (χ4n) is 2.93. The first kappa shape index (κ1) is 17.9. The van der Waals surface area contributed by atoms with Gasteiger partial charge in [-0.2, -0.15) is 9.83 Å². The van der Waals surface area contributed by atoms with Crippen molar-refractivity contribution in [3.05, 3.63) is 47.7 Å². The molecule has 26 heavy (non-hydrogen) atoms. The van der Waals surface area contributed by atoms with Crippen LogP contribution >= 0.6 is 0 Å². The number of morpholine rings is 1. The van der Waals surface area contributed by atoms with Gasteiger partial charge in [0.05, 0.1) is 24.1 Å². The van der Waals surface area contributed by atoms with Gasteiger partial charge >= 0.3 is 5.91 Å². The second-order valence-corrected chi connectivity index (χ2v) is 6.35. The Morgan fingerprint density at radius 1 is 1.35 bits per heavy atom. The van der Waals surface area contributed by atoms with Crippen molar-refractivity contribution in [2.24, 2.45) is 0 Å². The summed E-state index contributed by atoms with van der Waals surface area (Å²) >= 11 is 0. The van der Waals surface area contributed by atoms with Crippen LogP contribution in [0.4, 0.5) is 5.69 Å². The van der Waals surface area contributed by atoms with Crippen LogP contribution in [0.15, 0.2) is 36.8 Å². The number of hydrogen-bond acceptors (Lipinski definition) is 5. The van der Waals surface area contributed by atoms with Crippen LogP contribution in [-0.2, 0) is 16.1 Å². The van der Waals surface area contributed by atoms with Gasteiger partial charge in [-0.05, 0) is 19.9 Å². The molecule has 3 heterocycles. The molecule has 0 spiro atoms. The Morgan fingerprint density at radius 2 is 2.08 bits per heavy atom. The molecule has 1 aliphatic rings. The molecule has 0 aromatic carbocycles. The Morgan fingerprint density at radius 3 is 2.77 bits per heavy atom. The topological polar surface area (TPSA) is 103 Å². The van der Waals surface area contributed by atoms with Gasteiger partial charge in [-0.25, -0.2) is 0 Å². The molecule has 9 nitrogen and oxygen atoms in total. The highest BCUT2D eigenvalue weighted by Crippen LogP contribution is 2.12. The summed E-state index contributed by atoms with van der Waals surface area (Å²) in [5.74, 6) is -0.601. The first-order valence-electron chi connectivity index (χ1n) is 8.37. The zero-order chi connectivity index (χ0) is 18.7. The highest BCUT2D eigenvalue weighted by atomic mass is 16.5. The van der Waals surface area contributed by atoms with Gasteiger partial charge in [0.15, 0.2) is 6.20 Å². The minimum Gasteiger partial charge on any atom is -0.618 e. The molecule has 2 unspecified atom stereocenters. The molecule has 0 bridgehead atoms. The normalized spacial score (nSPS) is 20.0. The van der Waals surface area contributed by atoms with Crippen molar-refractivity contribution in [3.8, 4) is 0 Å². The standard InChI is InChI=1S/C17H21N5O4/c1-12-8-20(9-13(2)26-12)16(23)11-21-10-14(7-18-21)19-17(24)15-5-3-4-6-22(15)25/h3-7,10,12-13H,8-9,11H2,1-2H3,(H,19,24). The van der Waals surface area contributed by atoms with E-state index in [-0.39, 0.29) is 30.4 Å². The number of ether oxygens (including phenoxy) is 1. The smallest absolute Gasteiger partial charge is 0.321 e. The summed E-state index contributed by atoms with van der Waals surface area (Å²) in [7, 11) is 0. The van der Waals surface area contributed by atoms with E-state index < -0.39 is 5.91 Å². The third-order valence-corrected chi connectivity index (χ3v) is 4.02. The summed E-state index contributed by atoms with van der Waals surface area (Å²) in [5.41, 5.74) is 0.392. The third-order valence-electron chi connectivity index (χ3n) is 4.02. The van der Waals surface area contributed by atoms with Crippen molar-refractivity contribution in [2.75, 3.05) is 18.4 Å². The summed E-state index contributed by atoms with van der Waals surface area (Å²) in [6, 6.07) is 4.58. The number of carbonyl (C=O) groups is 2. The van der Waals surface area contributed by atoms with E-state index in [1.54, 1.807) is 23.2 Å². The minimum absolute atomic E-state index is 0.000157. The molecule has 0 aliphatic carbocycles. The van der Waals surface area contributed by atoms with E-state index in [0.717, 1.165) is 0 Å². The molecule has 1 saturated heterocycles. The number of rotatable bonds is 4. The van der Waals surface area contributed by atoms with E-state index >= 15 is 0 Å². The van der Waals surface area contributed by atoms with Crippen molar-refractivity contribution in [1.29, 1.82) is 0 Å². The number of carbonyl (C=O) groups excluding carboxylic acids is 2. The summed E-state index contributed by atoms with van der Waals surface area (Å²) < 4.78 is 7.57. The molecular weight excluding hydrogens is 338 g/mol. The van der Waals surface area contributed by atoms with E-state index in [9.17, 15) is 14.8 Å². The van der Waals surface area contributed by atoms with Gasteiger partial charge in [0, 0.05) is 31.4 Å². The van der Waals surface area contributed by atoms with Crippen LogP contribution in [0.1, 0.15) is 24.3 Å². The van der Waals surface area contributed by atoms with Gasteiger partial charge in [0.2, 0.25) is 5.91 Å². The molecule has 2 aromatic rings. The van der Waals surface area contributed by atoms with Crippen molar-refractivity contribution >= 4 is 17.5 Å². The largest absolute Gasteiger partial charge is 0.618 e. The van der Waals surface area contributed by atoms with Crippen molar-refractivity contribution in [1.82, 2.24) is 14.7 Å². The number of nitrogens with zero attached hydrogens (tertiary/aromatic N) is 4. The van der Waals surface area contributed by atoms with Crippen LogP contribution in [0.3, 0.4) is 0 Å². The lowest BCUT2D eigenvalue weighted by Crippen LogP contribution is -2.49. The van der Waals surface area contributed by atoms with Crippen LogP contribution in [-0.4, -0.2) is 51.8 Å². The predicted molar refractivity (Wildman–Crippen MR) is 92.2 cm³/mol. The molecule has 2 atom stereocenters. The van der Waals surface area contributed by atoms with Crippen LogP contribution in [0.5, 0.6) is 0 Å². The first-order valence-corrected chi connectivity index (χ1v) is 8.37. The molecule has 3 rings (SSSR count). The van der Waals surface area contributed by atoms with Crippen molar-refractivity contribution < 1.29 is 19.1 Å². The monoisotopic (exact) mass is 359 g/mol. The highest BCUT2D eigenvalue weighted by molar-refractivity contribution is 6.01. The molecular formula is C17H21N5O4. The van der Waals surface area contributed by atoms with Gasteiger partial charge in [0.25, 0.3) is 5.69 Å². The molecule has 1 N–H and O–H groups in total. The van der Waals surface area contributed by atoms with Gasteiger partial charge in [-0.3, -0.25) is 14.3 Å². The second-order valence-electron chi connectivity index (χ2n) is 6.35. The van der Waals surface area contributed by atoms with Crippen LogP contribution in [0.25, 0.3) is 0 Å². The van der Waals surface area contributed by atoms with Gasteiger partial charge in [-0.1, -0.05) is 0 Å². The maximum Gasteiger partial charge on any atom is 0.321 e. The highest BCUT2D eigenvalue weighted by Gasteiger charge is 2.26. The maximum atomic E-state index is 12.4. The Bertz CT molecular complexity index is 796. The maximum absolute atomic E-state index is 12.4. The number of hydrogen-bond donors (Lipinski definition) is 1. The quantitative estimate of drug-likeness (QED) is 0.629. The molecule has 2 amide bonds. The minimum atomic E-state index is -0.540. The van der Waals surface area contributed by atoms with Gasteiger partial charge in [-0.15, -0.1) is 0 Å². The SMILES string of the molecule is CC1CN(C(=O)Cn2cc(NC(=O)c3cccc[n+]3[O-])cn2)CC(C)O1. The fourth-order valence-corrected chi connectivity index (χ4v) is 2.93. The van der Waals surface area contributed by atoms with E-state index in [1.165, 1.54) is 23.1 Å². The van der Waals surface area contributed by atoms with E-state index in [2.05, 4.69) is 10.4 Å². The summed E-state index contributed by atoms with van der Waals surface area (Å²) in [6.45, 7) is 5.03. The number of aromatic nitrogens is 3. The molecule has 9 heteroatoms. The summed E-state index contributed by atoms with van der Waals surface area (Å²) in [5, 5.41) is 18.3. The summed E-state index contributed by atoms with van der Waals surface area (Å²) in [4.78, 5) is 26.3. The molecule has 138 valence electrons. The van der Waals surface area contributed by atoms with Crippen LogP contribution in [0, 0.1) is 5.21 Å². The number of amides is 2. The third kappa shape index (κ3) is 4.17. The fraction of sp³-hybridized carbons (Fsp3) is 0.412. The second kappa shape index (κ2) is 7.52. The molecule has 0 radical (unpaired) electrons. The van der Waals surface area contributed by atoms with Gasteiger partial charge < -0.3 is 20.2 Å². The number of nitrogens with one attached hydrogen (secondary N) is 1. The average Bonchev–Trinajstić information content (AvgIpc) is 3.01. The lowest BCUT2D eigenvalue weighted by Gasteiger charge is -2.35. The van der Waals surface area contributed by atoms with E-state index in [4.69, 9.17) is 4.74 Å². The lowest BCUT2D eigenvalue weighted by atomic mass is 10.2. The average molecular weight is 359 g/mol. The summed E-state index contributed by atoms with van der Waals surface area (Å²) in [6.07, 6.45) is 4.25. The van der Waals surface area contributed by atoms with Crippen molar-refractivity contribution in [2.45, 2.75) is 32.6 Å². The Labute approximate surface area is 150 Å². The van der Waals surface area contributed by atoms with Crippen LogP contribution in [0.2, 0.25) is 0 Å². The first-order chi connectivity index (χ1) is 12.4. The molecule has 1 fully saturated rings. The number of pyridine rings is 1.